The Morgan fingerprint density at radius 1 is 1.24 bits per heavy atom. The summed E-state index contributed by atoms with van der Waals surface area (Å²) in [5.74, 6) is -1.13. The predicted molar refractivity (Wildman–Crippen MR) is 79.5 cm³/mol. The minimum absolute atomic E-state index is 0.0833. The number of para-hydroxylation sites is 1. The van der Waals surface area contributed by atoms with Gasteiger partial charge in [0.1, 0.15) is 11.4 Å². The zero-order chi connectivity index (χ0) is 15.2. The molecule has 7 heteroatoms. The van der Waals surface area contributed by atoms with Gasteiger partial charge >= 0.3 is 5.97 Å². The number of aromatic carboxylic acids is 1. The number of halogens is 1. The molecule has 1 amide bonds. The van der Waals surface area contributed by atoms with Crippen molar-refractivity contribution in [2.75, 3.05) is 11.9 Å². The molecule has 0 fully saturated rings. The molecule has 21 heavy (non-hydrogen) atoms. The molecule has 2 aromatic rings. The Labute approximate surface area is 128 Å². The van der Waals surface area contributed by atoms with E-state index in [1.54, 1.807) is 12.1 Å². The van der Waals surface area contributed by atoms with Crippen LogP contribution < -0.4 is 10.1 Å². The third-order valence-electron chi connectivity index (χ3n) is 2.47. The minimum Gasteiger partial charge on any atom is -0.482 e. The van der Waals surface area contributed by atoms with Crippen molar-refractivity contribution >= 4 is 33.5 Å². The van der Waals surface area contributed by atoms with E-state index in [-0.39, 0.29) is 18.2 Å². The summed E-state index contributed by atoms with van der Waals surface area (Å²) in [5, 5.41) is 11.4. The maximum absolute atomic E-state index is 11.7. The molecule has 6 nitrogen and oxygen atoms in total. The van der Waals surface area contributed by atoms with Gasteiger partial charge in [-0.2, -0.15) is 0 Å². The number of amides is 1. The maximum Gasteiger partial charge on any atom is 0.354 e. The fraction of sp³-hybridized carbons (Fsp3) is 0.0714. The molecule has 0 saturated carbocycles. The standard InChI is InChI=1S/C14H11BrN2O4/c15-10-3-1-2-4-11(10)17-13(18)8-21-9-5-6-12(14(19)20)16-7-9/h1-7H,8H2,(H,17,18)(H,19,20). The Balaban J connectivity index is 1.89. The number of rotatable bonds is 5. The summed E-state index contributed by atoms with van der Waals surface area (Å²) in [4.78, 5) is 26.1. The number of nitrogens with one attached hydrogen (secondary N) is 1. The number of hydrogen-bond donors (Lipinski definition) is 2. The van der Waals surface area contributed by atoms with Crippen LogP contribution in [0.3, 0.4) is 0 Å². The lowest BCUT2D eigenvalue weighted by Crippen LogP contribution is -2.20. The smallest absolute Gasteiger partial charge is 0.354 e. The zero-order valence-corrected chi connectivity index (χ0v) is 12.3. The molecule has 2 rings (SSSR count). The second-order valence-electron chi connectivity index (χ2n) is 4.00. The van der Waals surface area contributed by atoms with Crippen molar-refractivity contribution in [2.24, 2.45) is 0 Å². The Morgan fingerprint density at radius 2 is 2.00 bits per heavy atom. The van der Waals surface area contributed by atoms with Crippen LogP contribution in [0.4, 0.5) is 5.69 Å². The second-order valence-corrected chi connectivity index (χ2v) is 4.86. The van der Waals surface area contributed by atoms with Crippen molar-refractivity contribution < 1.29 is 19.4 Å². The number of pyridine rings is 1. The first-order valence-electron chi connectivity index (χ1n) is 5.93. The van der Waals surface area contributed by atoms with Crippen molar-refractivity contribution in [3.63, 3.8) is 0 Å². The molecule has 2 N–H and O–H groups in total. The van der Waals surface area contributed by atoms with Gasteiger partial charge in [0.2, 0.25) is 0 Å². The molecule has 0 saturated heterocycles. The van der Waals surface area contributed by atoms with Crippen LogP contribution in [0.2, 0.25) is 0 Å². The fourth-order valence-corrected chi connectivity index (χ4v) is 1.87. The molecule has 108 valence electrons. The van der Waals surface area contributed by atoms with Gasteiger partial charge in [-0.25, -0.2) is 9.78 Å². The van der Waals surface area contributed by atoms with Gasteiger partial charge in [-0.15, -0.1) is 0 Å². The highest BCUT2D eigenvalue weighted by Gasteiger charge is 2.07. The summed E-state index contributed by atoms with van der Waals surface area (Å²) < 4.78 is 6.00. The normalized spacial score (nSPS) is 9.95. The van der Waals surface area contributed by atoms with Crippen molar-refractivity contribution in [2.45, 2.75) is 0 Å². The van der Waals surface area contributed by atoms with Gasteiger partial charge in [0.25, 0.3) is 5.91 Å². The summed E-state index contributed by atoms with van der Waals surface area (Å²) in [6.07, 6.45) is 1.26. The summed E-state index contributed by atoms with van der Waals surface area (Å²) in [6, 6.07) is 9.96. The number of hydrogen-bond acceptors (Lipinski definition) is 4. The van der Waals surface area contributed by atoms with E-state index in [2.05, 4.69) is 26.2 Å². The van der Waals surface area contributed by atoms with E-state index in [4.69, 9.17) is 9.84 Å². The van der Waals surface area contributed by atoms with E-state index < -0.39 is 5.97 Å². The van der Waals surface area contributed by atoms with Gasteiger partial charge in [-0.3, -0.25) is 4.79 Å². The molecule has 0 aliphatic carbocycles. The topological polar surface area (TPSA) is 88.5 Å². The molecule has 0 atom stereocenters. The predicted octanol–water partition coefficient (Wildman–Crippen LogP) is 2.56. The fourth-order valence-electron chi connectivity index (χ4n) is 1.49. The number of carbonyl (C=O) groups excluding carboxylic acids is 1. The van der Waals surface area contributed by atoms with Gasteiger partial charge < -0.3 is 15.2 Å². The number of benzene rings is 1. The average Bonchev–Trinajstić information content (AvgIpc) is 2.48. The molecular formula is C14H11BrN2O4. The highest BCUT2D eigenvalue weighted by molar-refractivity contribution is 9.10. The lowest BCUT2D eigenvalue weighted by molar-refractivity contribution is -0.118. The average molecular weight is 351 g/mol. The van der Waals surface area contributed by atoms with E-state index >= 15 is 0 Å². The Morgan fingerprint density at radius 3 is 2.62 bits per heavy atom. The van der Waals surface area contributed by atoms with Crippen LogP contribution in [0.1, 0.15) is 10.5 Å². The van der Waals surface area contributed by atoms with E-state index in [0.717, 1.165) is 4.47 Å². The minimum atomic E-state index is -1.12. The third kappa shape index (κ3) is 4.28. The van der Waals surface area contributed by atoms with Gasteiger partial charge in [0.05, 0.1) is 11.9 Å². The molecule has 0 aliphatic rings. The quantitative estimate of drug-likeness (QED) is 0.864. The number of carboxylic acid groups (broad SMARTS) is 1. The van der Waals surface area contributed by atoms with E-state index in [1.807, 2.05) is 12.1 Å². The Hall–Kier alpha value is -2.41. The highest BCUT2D eigenvalue weighted by atomic mass is 79.9. The van der Waals surface area contributed by atoms with Gasteiger partial charge in [0.15, 0.2) is 6.61 Å². The molecule has 0 aliphatic heterocycles. The number of nitrogens with zero attached hydrogens (tertiary/aromatic N) is 1. The number of carbonyl (C=O) groups is 2. The molecule has 0 unspecified atom stereocenters. The van der Waals surface area contributed by atoms with Crippen molar-refractivity contribution in [3.8, 4) is 5.75 Å². The first-order chi connectivity index (χ1) is 10.1. The second kappa shape index (κ2) is 6.85. The lowest BCUT2D eigenvalue weighted by Gasteiger charge is -2.08. The van der Waals surface area contributed by atoms with Gasteiger partial charge in [0, 0.05) is 4.47 Å². The highest BCUT2D eigenvalue weighted by Crippen LogP contribution is 2.21. The maximum atomic E-state index is 11.7. The van der Waals surface area contributed by atoms with Crippen LogP contribution in [-0.4, -0.2) is 28.6 Å². The van der Waals surface area contributed by atoms with Crippen LogP contribution >= 0.6 is 15.9 Å². The van der Waals surface area contributed by atoms with Crippen LogP contribution in [0.15, 0.2) is 47.1 Å². The van der Waals surface area contributed by atoms with Gasteiger partial charge in [-0.05, 0) is 40.2 Å². The SMILES string of the molecule is O=C(COc1ccc(C(=O)O)nc1)Nc1ccccc1Br. The Bertz CT molecular complexity index is 658. The monoisotopic (exact) mass is 350 g/mol. The molecule has 1 heterocycles. The summed E-state index contributed by atoms with van der Waals surface area (Å²) in [5.41, 5.74) is 0.561. The zero-order valence-electron chi connectivity index (χ0n) is 10.7. The number of anilines is 1. The van der Waals surface area contributed by atoms with Gasteiger partial charge in [-0.1, -0.05) is 12.1 Å². The number of aromatic nitrogens is 1. The van der Waals surface area contributed by atoms with E-state index in [1.165, 1.54) is 18.3 Å². The molecule has 1 aromatic heterocycles. The van der Waals surface area contributed by atoms with Crippen LogP contribution in [-0.2, 0) is 4.79 Å². The van der Waals surface area contributed by atoms with E-state index in [0.29, 0.717) is 11.4 Å². The molecular weight excluding hydrogens is 340 g/mol. The summed E-state index contributed by atoms with van der Waals surface area (Å²) >= 11 is 3.32. The van der Waals surface area contributed by atoms with Crippen LogP contribution in [0, 0.1) is 0 Å². The summed E-state index contributed by atoms with van der Waals surface area (Å²) in [7, 11) is 0. The Kier molecular flexibility index (Phi) is 4.89. The number of carboxylic acids is 1. The largest absolute Gasteiger partial charge is 0.482 e. The van der Waals surface area contributed by atoms with E-state index in [9.17, 15) is 9.59 Å². The van der Waals surface area contributed by atoms with Crippen molar-refractivity contribution in [3.05, 3.63) is 52.8 Å². The van der Waals surface area contributed by atoms with Crippen LogP contribution in [0.25, 0.3) is 0 Å². The lowest BCUT2D eigenvalue weighted by atomic mass is 10.3. The number of ether oxygens (including phenoxy) is 1. The van der Waals surface area contributed by atoms with Crippen molar-refractivity contribution in [1.82, 2.24) is 4.98 Å². The van der Waals surface area contributed by atoms with Crippen LogP contribution in [0.5, 0.6) is 5.75 Å². The molecule has 0 bridgehead atoms. The molecule has 0 spiro atoms. The third-order valence-corrected chi connectivity index (χ3v) is 3.16. The first-order valence-corrected chi connectivity index (χ1v) is 6.72. The van der Waals surface area contributed by atoms with Crippen molar-refractivity contribution in [1.29, 1.82) is 0 Å². The summed E-state index contributed by atoms with van der Waals surface area (Å²) in [6.45, 7) is -0.199. The first kappa shape index (κ1) is 15.0. The molecule has 0 radical (unpaired) electrons. The molecule has 1 aromatic carbocycles.